The van der Waals surface area contributed by atoms with Gasteiger partial charge in [0.15, 0.2) is 22.7 Å². The van der Waals surface area contributed by atoms with Crippen molar-refractivity contribution in [3.8, 4) is 11.5 Å². The zero-order valence-electron chi connectivity index (χ0n) is 21.5. The summed E-state index contributed by atoms with van der Waals surface area (Å²) in [6.07, 6.45) is 7.49. The fraction of sp³-hybridized carbons (Fsp3) is 0.538. The van der Waals surface area contributed by atoms with E-state index in [2.05, 4.69) is 4.98 Å². The molecule has 10 heteroatoms. The topological polar surface area (TPSA) is 101 Å². The Morgan fingerprint density at radius 3 is 2.61 bits per heavy atom. The van der Waals surface area contributed by atoms with Gasteiger partial charge in [-0.15, -0.1) is 0 Å². The number of benzene rings is 1. The average molecular weight is 498 g/mol. The van der Waals surface area contributed by atoms with Crippen LogP contribution in [0.2, 0.25) is 0 Å². The number of fused-ring (bicyclic) bond motifs is 1. The number of hydrogen-bond donors (Lipinski definition) is 0. The van der Waals surface area contributed by atoms with Crippen molar-refractivity contribution in [1.82, 2.24) is 23.6 Å². The first kappa shape index (κ1) is 25.5. The molecule has 0 spiro atoms. The van der Waals surface area contributed by atoms with Crippen LogP contribution in [0, 0.1) is 0 Å². The molecule has 3 heterocycles. The summed E-state index contributed by atoms with van der Waals surface area (Å²) in [5.41, 5.74) is 1.13. The predicted octanol–water partition coefficient (Wildman–Crippen LogP) is 2.25. The molecule has 1 fully saturated rings. The number of rotatable bonds is 9. The molecule has 1 atom stereocenters. The van der Waals surface area contributed by atoms with Gasteiger partial charge in [-0.05, 0) is 56.2 Å². The number of methoxy groups -OCH3 is 2. The van der Waals surface area contributed by atoms with E-state index < -0.39 is 5.69 Å². The van der Waals surface area contributed by atoms with Crippen molar-refractivity contribution in [1.29, 1.82) is 0 Å². The van der Waals surface area contributed by atoms with E-state index >= 15 is 0 Å². The second kappa shape index (κ2) is 11.0. The summed E-state index contributed by atoms with van der Waals surface area (Å²) in [6.45, 7) is 1.27. The van der Waals surface area contributed by atoms with Crippen LogP contribution in [0.25, 0.3) is 11.2 Å². The standard InChI is InChI=1S/C26H35N5O5/c1-28-24-23(25(33)29(2)26(28)34)30(17-27-24)14-7-9-22(32)31-15-6-5-8-19(31)12-10-18-11-13-20(35-3)21(16-18)36-4/h11,13,16-17,19H,5-10,12,14-15H2,1-4H3. The summed E-state index contributed by atoms with van der Waals surface area (Å²) < 4.78 is 15.0. The molecular formula is C26H35N5O5. The van der Waals surface area contributed by atoms with Gasteiger partial charge in [0.1, 0.15) is 0 Å². The smallest absolute Gasteiger partial charge is 0.332 e. The van der Waals surface area contributed by atoms with Crippen LogP contribution in [0.5, 0.6) is 11.5 Å². The van der Waals surface area contributed by atoms with E-state index in [-0.39, 0.29) is 17.5 Å². The summed E-state index contributed by atoms with van der Waals surface area (Å²) in [4.78, 5) is 44.2. The lowest BCUT2D eigenvalue weighted by atomic mass is 9.95. The zero-order valence-corrected chi connectivity index (χ0v) is 21.5. The van der Waals surface area contributed by atoms with Crippen molar-refractivity contribution in [3.63, 3.8) is 0 Å². The molecule has 0 N–H and O–H groups in total. The average Bonchev–Trinajstić information content (AvgIpc) is 3.33. The van der Waals surface area contributed by atoms with Gasteiger partial charge < -0.3 is 18.9 Å². The van der Waals surface area contributed by atoms with Gasteiger partial charge in [0.05, 0.1) is 20.5 Å². The zero-order chi connectivity index (χ0) is 25.8. The number of aromatic nitrogens is 4. The number of nitrogens with zero attached hydrogens (tertiary/aromatic N) is 5. The molecule has 0 aliphatic carbocycles. The highest BCUT2D eigenvalue weighted by atomic mass is 16.5. The second-order valence-corrected chi connectivity index (χ2v) is 9.38. The van der Waals surface area contributed by atoms with Crippen molar-refractivity contribution < 1.29 is 14.3 Å². The van der Waals surface area contributed by atoms with Crippen LogP contribution in [-0.4, -0.2) is 56.3 Å². The summed E-state index contributed by atoms with van der Waals surface area (Å²) in [5, 5.41) is 0. The molecule has 4 rings (SSSR count). The van der Waals surface area contributed by atoms with Crippen molar-refractivity contribution in [2.75, 3.05) is 20.8 Å². The number of aryl methyl sites for hydroxylation is 3. The van der Waals surface area contributed by atoms with Gasteiger partial charge in [0.2, 0.25) is 5.91 Å². The molecule has 1 saturated heterocycles. The lowest BCUT2D eigenvalue weighted by Gasteiger charge is -2.36. The minimum atomic E-state index is -0.405. The Bertz CT molecular complexity index is 1360. The van der Waals surface area contributed by atoms with Gasteiger partial charge in [-0.3, -0.25) is 18.7 Å². The van der Waals surface area contributed by atoms with Crippen LogP contribution in [0.1, 0.15) is 44.1 Å². The lowest BCUT2D eigenvalue weighted by Crippen LogP contribution is -2.44. The number of imidazole rings is 1. The normalized spacial score (nSPS) is 15.9. The Hall–Kier alpha value is -3.56. The molecule has 1 amide bonds. The molecule has 0 radical (unpaired) electrons. The molecule has 10 nitrogen and oxygen atoms in total. The van der Waals surface area contributed by atoms with Gasteiger partial charge in [0, 0.05) is 39.6 Å². The lowest BCUT2D eigenvalue weighted by molar-refractivity contribution is -0.135. The van der Waals surface area contributed by atoms with E-state index in [9.17, 15) is 14.4 Å². The highest BCUT2D eigenvalue weighted by Crippen LogP contribution is 2.29. The Morgan fingerprint density at radius 1 is 1.08 bits per heavy atom. The monoisotopic (exact) mass is 497 g/mol. The van der Waals surface area contributed by atoms with Crippen molar-refractivity contribution in [2.45, 2.75) is 57.5 Å². The largest absolute Gasteiger partial charge is 0.493 e. The summed E-state index contributed by atoms with van der Waals surface area (Å²) in [7, 11) is 6.32. The number of hydrogen-bond acceptors (Lipinski definition) is 6. The first-order valence-electron chi connectivity index (χ1n) is 12.5. The number of carbonyl (C=O) groups is 1. The van der Waals surface area contributed by atoms with E-state index in [1.807, 2.05) is 23.1 Å². The number of carbonyl (C=O) groups excluding carboxylic acids is 1. The van der Waals surface area contributed by atoms with Crippen molar-refractivity contribution in [3.05, 3.63) is 50.9 Å². The SMILES string of the molecule is COc1ccc(CCC2CCCCN2C(=O)CCCn2cnc3c2c(=O)n(C)c(=O)n3C)cc1OC. The molecule has 0 bridgehead atoms. The number of piperidine rings is 1. The Morgan fingerprint density at radius 2 is 1.86 bits per heavy atom. The van der Waals surface area contributed by atoms with E-state index in [4.69, 9.17) is 9.47 Å². The first-order chi connectivity index (χ1) is 17.3. The summed E-state index contributed by atoms with van der Waals surface area (Å²) in [5.74, 6) is 1.58. The van der Waals surface area contributed by atoms with Gasteiger partial charge in [-0.1, -0.05) is 6.07 Å². The second-order valence-electron chi connectivity index (χ2n) is 9.38. The quantitative estimate of drug-likeness (QED) is 0.450. The maximum absolute atomic E-state index is 13.2. The number of amides is 1. The molecule has 1 aliphatic heterocycles. The highest BCUT2D eigenvalue weighted by molar-refractivity contribution is 5.76. The van der Waals surface area contributed by atoms with Gasteiger partial charge >= 0.3 is 5.69 Å². The Labute approximate surface area is 210 Å². The van der Waals surface area contributed by atoms with E-state index in [1.54, 1.807) is 32.2 Å². The Balaban J connectivity index is 1.38. The molecule has 0 saturated carbocycles. The van der Waals surface area contributed by atoms with Crippen LogP contribution in [0.3, 0.4) is 0 Å². The van der Waals surface area contributed by atoms with Gasteiger partial charge in [0.25, 0.3) is 5.56 Å². The molecule has 36 heavy (non-hydrogen) atoms. The molecular weight excluding hydrogens is 462 g/mol. The highest BCUT2D eigenvalue weighted by Gasteiger charge is 2.26. The summed E-state index contributed by atoms with van der Waals surface area (Å²) in [6, 6.07) is 6.19. The Kier molecular flexibility index (Phi) is 7.81. The number of likely N-dealkylation sites (tertiary alicyclic amines) is 1. The minimum Gasteiger partial charge on any atom is -0.493 e. The molecule has 3 aromatic rings. The minimum absolute atomic E-state index is 0.150. The van der Waals surface area contributed by atoms with E-state index in [1.165, 1.54) is 11.6 Å². The van der Waals surface area contributed by atoms with E-state index in [0.717, 1.165) is 48.8 Å². The van der Waals surface area contributed by atoms with Gasteiger partial charge in [-0.2, -0.15) is 0 Å². The van der Waals surface area contributed by atoms with Crippen molar-refractivity contribution >= 4 is 17.1 Å². The third-order valence-corrected chi connectivity index (χ3v) is 7.17. The maximum Gasteiger partial charge on any atom is 0.332 e. The predicted molar refractivity (Wildman–Crippen MR) is 137 cm³/mol. The molecule has 1 aliphatic rings. The molecule has 2 aromatic heterocycles. The first-order valence-corrected chi connectivity index (χ1v) is 12.5. The van der Waals surface area contributed by atoms with Gasteiger partial charge in [-0.25, -0.2) is 9.78 Å². The van der Waals surface area contributed by atoms with Crippen LogP contribution in [0.15, 0.2) is 34.1 Å². The van der Waals surface area contributed by atoms with Crippen LogP contribution in [0.4, 0.5) is 0 Å². The van der Waals surface area contributed by atoms with E-state index in [0.29, 0.717) is 42.0 Å². The molecule has 1 unspecified atom stereocenters. The fourth-order valence-corrected chi connectivity index (χ4v) is 5.11. The fourth-order valence-electron chi connectivity index (χ4n) is 5.11. The van der Waals surface area contributed by atoms with Crippen LogP contribution in [-0.2, 0) is 31.9 Å². The van der Waals surface area contributed by atoms with Crippen LogP contribution < -0.4 is 20.7 Å². The third-order valence-electron chi connectivity index (χ3n) is 7.17. The number of ether oxygens (including phenoxy) is 2. The molecule has 194 valence electrons. The third kappa shape index (κ3) is 5.03. The van der Waals surface area contributed by atoms with Crippen molar-refractivity contribution in [2.24, 2.45) is 14.1 Å². The summed E-state index contributed by atoms with van der Waals surface area (Å²) >= 11 is 0. The molecule has 1 aromatic carbocycles. The maximum atomic E-state index is 13.2. The van der Waals surface area contributed by atoms with Crippen LogP contribution >= 0.6 is 0 Å².